The van der Waals surface area contributed by atoms with E-state index in [1.165, 1.54) is 11.8 Å². The van der Waals surface area contributed by atoms with Crippen molar-refractivity contribution in [3.05, 3.63) is 42.0 Å². The molecule has 9 heteroatoms. The van der Waals surface area contributed by atoms with Crippen LogP contribution in [0.5, 0.6) is 0 Å². The number of fused-ring (bicyclic) bond motifs is 1. The van der Waals surface area contributed by atoms with Gasteiger partial charge in [-0.2, -0.15) is 0 Å². The third-order valence-corrected chi connectivity index (χ3v) is 5.43. The number of sulfonamides is 1. The molecule has 8 nitrogen and oxygen atoms in total. The van der Waals surface area contributed by atoms with Crippen molar-refractivity contribution in [3.8, 4) is 11.1 Å². The number of nitrogens with zero attached hydrogens (tertiary/aromatic N) is 2. The van der Waals surface area contributed by atoms with Crippen LogP contribution in [0.2, 0.25) is 0 Å². The van der Waals surface area contributed by atoms with Crippen LogP contribution in [0.4, 0.5) is 21.9 Å². The zero-order valence-electron chi connectivity index (χ0n) is 16.6. The van der Waals surface area contributed by atoms with E-state index in [4.69, 9.17) is 0 Å². The summed E-state index contributed by atoms with van der Waals surface area (Å²) in [7, 11) is -3.38. The van der Waals surface area contributed by atoms with Gasteiger partial charge in [-0.05, 0) is 54.8 Å². The third kappa shape index (κ3) is 4.19. The van der Waals surface area contributed by atoms with Gasteiger partial charge in [0, 0.05) is 13.5 Å². The molecule has 0 spiro atoms. The number of carboxylic acid groups (broad SMARTS) is 1. The average molecular weight is 417 g/mol. The molecule has 0 fully saturated rings. The highest BCUT2D eigenvalue weighted by atomic mass is 32.2. The monoisotopic (exact) mass is 417 g/mol. The zero-order valence-corrected chi connectivity index (χ0v) is 17.4. The molecule has 0 aromatic heterocycles. The predicted molar refractivity (Wildman–Crippen MR) is 113 cm³/mol. The van der Waals surface area contributed by atoms with Crippen molar-refractivity contribution in [2.24, 2.45) is 0 Å². The lowest BCUT2D eigenvalue weighted by Gasteiger charge is -2.39. The van der Waals surface area contributed by atoms with Gasteiger partial charge < -0.3 is 10.0 Å². The molecule has 3 rings (SSSR count). The predicted octanol–water partition coefficient (Wildman–Crippen LogP) is 3.27. The van der Waals surface area contributed by atoms with Gasteiger partial charge in [0.05, 0.1) is 29.4 Å². The maximum Gasteiger partial charge on any atom is 0.411 e. The second-order valence-corrected chi connectivity index (χ2v) is 8.99. The Labute approximate surface area is 169 Å². The molecule has 29 heavy (non-hydrogen) atoms. The van der Waals surface area contributed by atoms with Crippen LogP contribution in [0.15, 0.2) is 36.4 Å². The minimum Gasteiger partial charge on any atom is -0.465 e. The molecule has 0 saturated heterocycles. The summed E-state index contributed by atoms with van der Waals surface area (Å²) < 4.78 is 25.4. The minimum atomic E-state index is -3.38. The summed E-state index contributed by atoms with van der Waals surface area (Å²) in [5.41, 5.74) is 3.79. The first kappa shape index (κ1) is 20.7. The topological polar surface area (TPSA) is 107 Å². The van der Waals surface area contributed by atoms with Crippen molar-refractivity contribution in [3.63, 3.8) is 0 Å². The first-order chi connectivity index (χ1) is 13.5. The van der Waals surface area contributed by atoms with Crippen LogP contribution in [-0.4, -0.2) is 44.4 Å². The number of anilines is 3. The number of amides is 2. The Morgan fingerprint density at radius 1 is 1.10 bits per heavy atom. The largest absolute Gasteiger partial charge is 0.465 e. The number of carbonyl (C=O) groups is 2. The fourth-order valence-electron chi connectivity index (χ4n) is 3.62. The quantitative estimate of drug-likeness (QED) is 0.797. The molecule has 154 valence electrons. The Bertz CT molecular complexity index is 1100. The fourth-order valence-corrected chi connectivity index (χ4v) is 4.25. The lowest BCUT2D eigenvalue weighted by Crippen LogP contribution is -2.51. The number of benzene rings is 2. The number of hydrogen-bond acceptors (Lipinski definition) is 4. The van der Waals surface area contributed by atoms with Crippen LogP contribution in [0.3, 0.4) is 0 Å². The first-order valence-electron chi connectivity index (χ1n) is 9.01. The van der Waals surface area contributed by atoms with Gasteiger partial charge in [-0.15, -0.1) is 0 Å². The summed E-state index contributed by atoms with van der Waals surface area (Å²) >= 11 is 0. The Balaban J connectivity index is 2.07. The maximum atomic E-state index is 12.1. The van der Waals surface area contributed by atoms with Crippen LogP contribution < -0.4 is 14.5 Å². The van der Waals surface area contributed by atoms with Crippen molar-refractivity contribution < 1.29 is 23.1 Å². The molecule has 2 N–H and O–H groups in total. The highest BCUT2D eigenvalue weighted by Crippen LogP contribution is 2.39. The fraction of sp³-hybridized carbons (Fsp3) is 0.300. The molecule has 2 aromatic rings. The number of hydrogen-bond donors (Lipinski definition) is 2. The summed E-state index contributed by atoms with van der Waals surface area (Å²) in [6.07, 6.45) is 0.00820. The molecule has 0 radical (unpaired) electrons. The number of carbonyl (C=O) groups excluding carboxylic acids is 1. The van der Waals surface area contributed by atoms with Gasteiger partial charge in [-0.1, -0.05) is 12.1 Å². The van der Waals surface area contributed by atoms with E-state index in [0.717, 1.165) is 22.9 Å². The summed E-state index contributed by atoms with van der Waals surface area (Å²) in [6.45, 7) is 5.24. The normalized spacial score (nSPS) is 16.3. The van der Waals surface area contributed by atoms with E-state index < -0.39 is 16.1 Å². The van der Waals surface area contributed by atoms with Crippen molar-refractivity contribution >= 4 is 39.1 Å². The second kappa shape index (κ2) is 7.40. The van der Waals surface area contributed by atoms with Crippen molar-refractivity contribution in [1.82, 2.24) is 0 Å². The lowest BCUT2D eigenvalue weighted by atomic mass is 9.99. The Kier molecular flexibility index (Phi) is 5.27. The van der Waals surface area contributed by atoms with Gasteiger partial charge in [0.2, 0.25) is 15.9 Å². The molecule has 1 aliphatic heterocycles. The molecule has 1 atom stereocenters. The van der Waals surface area contributed by atoms with E-state index in [2.05, 4.69) is 4.72 Å². The Morgan fingerprint density at radius 3 is 2.28 bits per heavy atom. The van der Waals surface area contributed by atoms with E-state index in [0.29, 0.717) is 17.1 Å². The molecule has 2 amide bonds. The first-order valence-corrected chi connectivity index (χ1v) is 10.9. The van der Waals surface area contributed by atoms with Crippen LogP contribution in [0.1, 0.15) is 19.4 Å². The summed E-state index contributed by atoms with van der Waals surface area (Å²) in [5.74, 6) is -0.149. The van der Waals surface area contributed by atoms with E-state index in [9.17, 15) is 23.1 Å². The molecule has 1 aliphatic rings. The summed E-state index contributed by atoms with van der Waals surface area (Å²) in [4.78, 5) is 26.7. The van der Waals surface area contributed by atoms with E-state index in [-0.39, 0.29) is 18.5 Å². The SMILES string of the molecule is CC(=O)N1c2ccc(-c3ccc(NS(C)(=O)=O)c(C)c3)cc2N(C(=O)O)C[C@@H]1C. The van der Waals surface area contributed by atoms with Crippen LogP contribution in [0, 0.1) is 6.92 Å². The van der Waals surface area contributed by atoms with E-state index in [1.807, 2.05) is 19.1 Å². The highest BCUT2D eigenvalue weighted by Gasteiger charge is 2.33. The molecule has 2 aromatic carbocycles. The van der Waals surface area contributed by atoms with Crippen LogP contribution in [0.25, 0.3) is 11.1 Å². The number of aryl methyl sites for hydroxylation is 1. The van der Waals surface area contributed by atoms with E-state index in [1.54, 1.807) is 36.1 Å². The summed E-state index contributed by atoms with van der Waals surface area (Å²) in [6, 6.07) is 10.3. The zero-order chi connectivity index (χ0) is 21.5. The maximum absolute atomic E-state index is 12.1. The van der Waals surface area contributed by atoms with Crippen molar-refractivity contribution in [2.45, 2.75) is 26.8 Å². The van der Waals surface area contributed by atoms with Crippen LogP contribution >= 0.6 is 0 Å². The van der Waals surface area contributed by atoms with Gasteiger partial charge in [0.15, 0.2) is 0 Å². The van der Waals surface area contributed by atoms with Crippen molar-refractivity contribution in [2.75, 3.05) is 27.3 Å². The standard InChI is InChI=1S/C20H23N3O5S/c1-12-9-15(5-7-17(12)21-29(4,27)28)16-6-8-18-19(10-16)22(20(25)26)11-13(2)23(18)14(3)24/h5-10,13,21H,11H2,1-4H3,(H,25,26)/t13-/m0/s1. The minimum absolute atomic E-state index is 0.149. The van der Waals surface area contributed by atoms with E-state index >= 15 is 0 Å². The molecule has 0 bridgehead atoms. The molecule has 0 unspecified atom stereocenters. The third-order valence-electron chi connectivity index (χ3n) is 4.84. The van der Waals surface area contributed by atoms with Gasteiger partial charge in [0.25, 0.3) is 0 Å². The number of rotatable bonds is 3. The Hall–Kier alpha value is -3.07. The van der Waals surface area contributed by atoms with Gasteiger partial charge in [0.1, 0.15) is 0 Å². The molecule has 0 aliphatic carbocycles. The molecular weight excluding hydrogens is 394 g/mol. The van der Waals surface area contributed by atoms with Crippen molar-refractivity contribution in [1.29, 1.82) is 0 Å². The van der Waals surface area contributed by atoms with Crippen LogP contribution in [-0.2, 0) is 14.8 Å². The molecule has 1 heterocycles. The summed E-state index contributed by atoms with van der Waals surface area (Å²) in [5, 5.41) is 9.64. The molecule has 0 saturated carbocycles. The lowest BCUT2D eigenvalue weighted by molar-refractivity contribution is -0.117. The average Bonchev–Trinajstić information content (AvgIpc) is 2.60. The number of nitrogens with one attached hydrogen (secondary N) is 1. The van der Waals surface area contributed by atoms with Gasteiger partial charge in [-0.3, -0.25) is 14.4 Å². The van der Waals surface area contributed by atoms with Gasteiger partial charge in [-0.25, -0.2) is 13.2 Å². The van der Waals surface area contributed by atoms with Gasteiger partial charge >= 0.3 is 6.09 Å². The highest BCUT2D eigenvalue weighted by molar-refractivity contribution is 7.92. The smallest absolute Gasteiger partial charge is 0.411 e. The second-order valence-electron chi connectivity index (χ2n) is 7.24. The Morgan fingerprint density at radius 2 is 1.72 bits per heavy atom. The molecular formula is C20H23N3O5S.